The Bertz CT molecular complexity index is 778. The van der Waals surface area contributed by atoms with Gasteiger partial charge in [0, 0.05) is 18.7 Å². The number of hydrogen-bond donors (Lipinski definition) is 1. The van der Waals surface area contributed by atoms with Crippen molar-refractivity contribution in [3.63, 3.8) is 0 Å². The fraction of sp³-hybridized carbons (Fsp3) is 0.444. The first-order chi connectivity index (χ1) is 12.7. The van der Waals surface area contributed by atoms with Crippen molar-refractivity contribution in [2.45, 2.75) is 43.4 Å². The molecule has 2 aromatic rings. The first-order valence-electron chi connectivity index (χ1n) is 8.82. The lowest BCUT2D eigenvalue weighted by molar-refractivity contribution is -0.117. The van der Waals surface area contributed by atoms with E-state index in [1.54, 1.807) is 0 Å². The van der Waals surface area contributed by atoms with Gasteiger partial charge in [0.1, 0.15) is 0 Å². The monoisotopic (exact) mass is 390 g/mol. The summed E-state index contributed by atoms with van der Waals surface area (Å²) < 4.78 is 0.689. The Morgan fingerprint density at radius 2 is 2.15 bits per heavy atom. The van der Waals surface area contributed by atoms with Gasteiger partial charge in [0.15, 0.2) is 4.34 Å². The molecule has 0 radical (unpaired) electrons. The van der Waals surface area contributed by atoms with Crippen molar-refractivity contribution in [3.05, 3.63) is 29.8 Å². The Labute approximate surface area is 161 Å². The smallest absolute Gasteiger partial charge is 0.237 e. The van der Waals surface area contributed by atoms with Crippen molar-refractivity contribution in [3.8, 4) is 0 Å². The molecule has 0 atom stereocenters. The fourth-order valence-corrected chi connectivity index (χ4v) is 4.48. The molecule has 26 heavy (non-hydrogen) atoms. The van der Waals surface area contributed by atoms with Crippen molar-refractivity contribution in [1.29, 1.82) is 0 Å². The molecular weight excluding hydrogens is 368 g/mol. The number of rotatable bonds is 7. The van der Waals surface area contributed by atoms with Gasteiger partial charge in [-0.1, -0.05) is 54.6 Å². The molecule has 0 unspecified atom stereocenters. The summed E-state index contributed by atoms with van der Waals surface area (Å²) in [7, 11) is 0. The molecule has 1 aliphatic heterocycles. The Morgan fingerprint density at radius 3 is 3.00 bits per heavy atom. The number of amides is 2. The van der Waals surface area contributed by atoms with Crippen LogP contribution in [-0.4, -0.2) is 34.3 Å². The molecular formula is C18H22N4O2S2. The van der Waals surface area contributed by atoms with Gasteiger partial charge >= 0.3 is 0 Å². The zero-order valence-electron chi connectivity index (χ0n) is 14.7. The van der Waals surface area contributed by atoms with Crippen LogP contribution in [0.5, 0.6) is 0 Å². The van der Waals surface area contributed by atoms with Gasteiger partial charge in [0.2, 0.25) is 16.9 Å². The minimum atomic E-state index is -0.0412. The maximum Gasteiger partial charge on any atom is 0.237 e. The third-order valence-corrected chi connectivity index (χ3v) is 6.10. The van der Waals surface area contributed by atoms with Crippen LogP contribution in [0.15, 0.2) is 28.6 Å². The second-order valence-corrected chi connectivity index (χ2v) is 8.29. The number of para-hydroxylation sites is 1. The zero-order chi connectivity index (χ0) is 18.4. The van der Waals surface area contributed by atoms with E-state index in [0.717, 1.165) is 37.9 Å². The molecule has 2 amide bonds. The molecule has 1 N–H and O–H groups in total. The molecule has 6 nitrogen and oxygen atoms in total. The molecule has 0 aliphatic carbocycles. The Morgan fingerprint density at radius 1 is 1.31 bits per heavy atom. The van der Waals surface area contributed by atoms with Gasteiger partial charge in [-0.2, -0.15) is 0 Å². The summed E-state index contributed by atoms with van der Waals surface area (Å²) in [4.78, 5) is 26.2. The van der Waals surface area contributed by atoms with Gasteiger partial charge < -0.3 is 10.2 Å². The molecule has 0 fully saturated rings. The maximum absolute atomic E-state index is 12.6. The van der Waals surface area contributed by atoms with E-state index in [0.29, 0.717) is 21.6 Å². The lowest BCUT2D eigenvalue weighted by atomic mass is 10.0. The average molecular weight is 391 g/mol. The third kappa shape index (κ3) is 4.82. The lowest BCUT2D eigenvalue weighted by Gasteiger charge is -2.29. The number of unbranched alkanes of at least 4 members (excludes halogenated alkanes) is 1. The van der Waals surface area contributed by atoms with Crippen LogP contribution in [0.2, 0.25) is 0 Å². The summed E-state index contributed by atoms with van der Waals surface area (Å²) in [6.45, 7) is 2.80. The zero-order valence-corrected chi connectivity index (χ0v) is 16.4. The summed E-state index contributed by atoms with van der Waals surface area (Å²) >= 11 is 2.67. The van der Waals surface area contributed by atoms with E-state index in [4.69, 9.17) is 0 Å². The van der Waals surface area contributed by atoms with Crippen molar-refractivity contribution < 1.29 is 9.59 Å². The van der Waals surface area contributed by atoms with Crippen LogP contribution < -0.4 is 10.2 Å². The van der Waals surface area contributed by atoms with Gasteiger partial charge in [-0.25, -0.2) is 0 Å². The lowest BCUT2D eigenvalue weighted by Crippen LogP contribution is -2.36. The highest BCUT2D eigenvalue weighted by Gasteiger charge is 2.22. The molecule has 3 rings (SSSR count). The van der Waals surface area contributed by atoms with E-state index in [1.807, 2.05) is 30.0 Å². The molecule has 0 saturated carbocycles. The second-order valence-electron chi connectivity index (χ2n) is 6.09. The number of carbonyl (C=O) groups excluding carboxylic acids is 2. The summed E-state index contributed by atoms with van der Waals surface area (Å²) in [6.07, 6.45) is 4.33. The predicted molar refractivity (Wildman–Crippen MR) is 106 cm³/mol. The van der Waals surface area contributed by atoms with E-state index in [1.165, 1.54) is 28.7 Å². The summed E-state index contributed by atoms with van der Waals surface area (Å²) in [5, 5.41) is 11.3. The summed E-state index contributed by atoms with van der Waals surface area (Å²) in [5.74, 6) is 0.346. The molecule has 1 aromatic carbocycles. The number of nitrogens with one attached hydrogen (secondary N) is 1. The normalized spacial score (nSPS) is 13.3. The van der Waals surface area contributed by atoms with Gasteiger partial charge in [0.25, 0.3) is 0 Å². The number of fused-ring (bicyclic) bond motifs is 1. The number of benzene rings is 1. The van der Waals surface area contributed by atoms with Crippen LogP contribution in [0.1, 0.15) is 38.2 Å². The van der Waals surface area contributed by atoms with Crippen LogP contribution in [0.3, 0.4) is 0 Å². The molecule has 8 heteroatoms. The number of thioether (sulfide) groups is 1. The SMILES string of the molecule is CCCCC(=O)Nc1nnc(SCC(=O)N2CCCc3ccccc32)s1. The molecule has 138 valence electrons. The van der Waals surface area contributed by atoms with Gasteiger partial charge in [-0.3, -0.25) is 9.59 Å². The number of nitrogens with zero attached hydrogens (tertiary/aromatic N) is 3. The molecule has 1 aromatic heterocycles. The number of hydrogen-bond acceptors (Lipinski definition) is 6. The third-order valence-electron chi connectivity index (χ3n) is 4.14. The number of aryl methyl sites for hydroxylation is 1. The number of carbonyl (C=O) groups is 2. The Kier molecular flexibility index (Phi) is 6.62. The molecule has 0 bridgehead atoms. The van der Waals surface area contributed by atoms with Crippen LogP contribution in [0.25, 0.3) is 0 Å². The van der Waals surface area contributed by atoms with Gasteiger partial charge in [0.05, 0.1) is 5.75 Å². The van der Waals surface area contributed by atoms with Crippen LogP contribution in [0.4, 0.5) is 10.8 Å². The van der Waals surface area contributed by atoms with Crippen LogP contribution >= 0.6 is 23.1 Å². The molecule has 1 aliphatic rings. The average Bonchev–Trinajstić information content (AvgIpc) is 3.11. The minimum absolute atomic E-state index is 0.0412. The minimum Gasteiger partial charge on any atom is -0.311 e. The summed E-state index contributed by atoms with van der Waals surface area (Å²) in [6, 6.07) is 8.07. The highest BCUT2D eigenvalue weighted by atomic mass is 32.2. The fourth-order valence-electron chi connectivity index (χ4n) is 2.83. The molecule has 2 heterocycles. The van der Waals surface area contributed by atoms with Gasteiger partial charge in [-0.05, 0) is 30.9 Å². The molecule has 0 spiro atoms. The highest BCUT2D eigenvalue weighted by molar-refractivity contribution is 8.01. The van der Waals surface area contributed by atoms with Crippen LogP contribution in [0, 0.1) is 0 Å². The van der Waals surface area contributed by atoms with Crippen molar-refractivity contribution in [2.75, 3.05) is 22.5 Å². The topological polar surface area (TPSA) is 75.2 Å². The van der Waals surface area contributed by atoms with E-state index in [2.05, 4.69) is 21.6 Å². The quantitative estimate of drug-likeness (QED) is 0.576. The first-order valence-corrected chi connectivity index (χ1v) is 10.6. The number of aromatic nitrogens is 2. The second kappa shape index (κ2) is 9.14. The van der Waals surface area contributed by atoms with Gasteiger partial charge in [-0.15, -0.1) is 10.2 Å². The predicted octanol–water partition coefficient (Wildman–Crippen LogP) is 3.74. The van der Waals surface area contributed by atoms with E-state index in [-0.39, 0.29) is 11.8 Å². The molecule has 0 saturated heterocycles. The van der Waals surface area contributed by atoms with Crippen LogP contribution in [-0.2, 0) is 16.0 Å². The number of anilines is 2. The first kappa shape index (κ1) is 18.8. The Balaban J connectivity index is 1.53. The van der Waals surface area contributed by atoms with E-state index < -0.39 is 0 Å². The van der Waals surface area contributed by atoms with Crippen molar-refractivity contribution >= 4 is 45.7 Å². The Hall–Kier alpha value is -1.93. The maximum atomic E-state index is 12.6. The van der Waals surface area contributed by atoms with Crippen molar-refractivity contribution in [2.24, 2.45) is 0 Å². The van der Waals surface area contributed by atoms with E-state index in [9.17, 15) is 9.59 Å². The van der Waals surface area contributed by atoms with E-state index >= 15 is 0 Å². The highest BCUT2D eigenvalue weighted by Crippen LogP contribution is 2.29. The van der Waals surface area contributed by atoms with Crippen molar-refractivity contribution in [1.82, 2.24) is 10.2 Å². The largest absolute Gasteiger partial charge is 0.311 e. The standard InChI is InChI=1S/C18H22N4O2S2/c1-2-3-10-15(23)19-17-20-21-18(26-17)25-12-16(24)22-11-6-8-13-7-4-5-9-14(13)22/h4-5,7,9H,2-3,6,8,10-12H2,1H3,(H,19,20,23). The summed E-state index contributed by atoms with van der Waals surface area (Å²) in [5.41, 5.74) is 2.25.